The predicted molar refractivity (Wildman–Crippen MR) is 65.3 cm³/mol. The van der Waals surface area contributed by atoms with Gasteiger partial charge in [0.25, 0.3) is 0 Å². The van der Waals surface area contributed by atoms with Crippen LogP contribution in [0.4, 0.5) is 0 Å². The van der Waals surface area contributed by atoms with Crippen LogP contribution in [0, 0.1) is 12.3 Å². The molecule has 0 aliphatic heterocycles. The van der Waals surface area contributed by atoms with E-state index in [1.54, 1.807) is 11.3 Å². The standard InChI is InChI=1S/C12H15NO2S/c1-4-8-13-11(12(14)15-3)10-7-6-9(5-2)16-10/h1,6-7,11,13H,5,8H2,2-3H3. The Morgan fingerprint density at radius 1 is 1.69 bits per heavy atom. The van der Waals surface area contributed by atoms with E-state index < -0.39 is 6.04 Å². The summed E-state index contributed by atoms with van der Waals surface area (Å²) in [6.07, 6.45) is 6.13. The molecule has 0 bridgehead atoms. The van der Waals surface area contributed by atoms with Gasteiger partial charge in [0.05, 0.1) is 13.7 Å². The van der Waals surface area contributed by atoms with Gasteiger partial charge in [-0.2, -0.15) is 0 Å². The molecule has 3 nitrogen and oxygen atoms in total. The fraction of sp³-hybridized carbons (Fsp3) is 0.417. The summed E-state index contributed by atoms with van der Waals surface area (Å²) < 4.78 is 4.74. The first-order valence-corrected chi connectivity index (χ1v) is 5.87. The number of carbonyl (C=O) groups excluding carboxylic acids is 1. The van der Waals surface area contributed by atoms with E-state index in [0.29, 0.717) is 6.54 Å². The molecular weight excluding hydrogens is 222 g/mol. The van der Waals surface area contributed by atoms with Crippen molar-refractivity contribution in [1.29, 1.82) is 0 Å². The van der Waals surface area contributed by atoms with Gasteiger partial charge in [0.1, 0.15) is 6.04 Å². The van der Waals surface area contributed by atoms with E-state index in [2.05, 4.69) is 18.2 Å². The molecule has 0 saturated carbocycles. The van der Waals surface area contributed by atoms with Crippen LogP contribution in [-0.4, -0.2) is 19.6 Å². The molecule has 0 amide bonds. The lowest BCUT2D eigenvalue weighted by Gasteiger charge is -2.12. The second kappa shape index (κ2) is 6.31. The SMILES string of the molecule is C#CCNC(C(=O)OC)c1ccc(CC)s1. The van der Waals surface area contributed by atoms with Gasteiger partial charge in [-0.25, -0.2) is 4.79 Å². The molecule has 0 radical (unpaired) electrons. The minimum Gasteiger partial charge on any atom is -0.468 e. The van der Waals surface area contributed by atoms with Crippen molar-refractivity contribution >= 4 is 17.3 Å². The van der Waals surface area contributed by atoms with Crippen LogP contribution in [0.3, 0.4) is 0 Å². The molecule has 1 aromatic rings. The highest BCUT2D eigenvalue weighted by atomic mass is 32.1. The number of rotatable bonds is 5. The van der Waals surface area contributed by atoms with E-state index in [4.69, 9.17) is 11.2 Å². The normalized spacial score (nSPS) is 11.8. The highest BCUT2D eigenvalue weighted by molar-refractivity contribution is 7.12. The highest BCUT2D eigenvalue weighted by Crippen LogP contribution is 2.24. The average molecular weight is 237 g/mol. The minimum atomic E-state index is -0.452. The van der Waals surface area contributed by atoms with Gasteiger partial charge >= 0.3 is 5.97 Å². The summed E-state index contributed by atoms with van der Waals surface area (Å²) in [7, 11) is 1.38. The fourth-order valence-corrected chi connectivity index (χ4v) is 2.34. The lowest BCUT2D eigenvalue weighted by Crippen LogP contribution is -2.29. The number of thiophene rings is 1. The van der Waals surface area contributed by atoms with Crippen molar-refractivity contribution in [2.24, 2.45) is 0 Å². The van der Waals surface area contributed by atoms with Gasteiger partial charge in [0.15, 0.2) is 0 Å². The summed E-state index contributed by atoms with van der Waals surface area (Å²) in [6, 6.07) is 3.51. The van der Waals surface area contributed by atoms with Crippen molar-refractivity contribution in [2.45, 2.75) is 19.4 Å². The van der Waals surface area contributed by atoms with Crippen LogP contribution in [0.25, 0.3) is 0 Å². The van der Waals surface area contributed by atoms with Crippen LogP contribution >= 0.6 is 11.3 Å². The quantitative estimate of drug-likeness (QED) is 0.626. The van der Waals surface area contributed by atoms with Gasteiger partial charge in [0.2, 0.25) is 0 Å². The summed E-state index contributed by atoms with van der Waals surface area (Å²) in [5, 5.41) is 2.97. The summed E-state index contributed by atoms with van der Waals surface area (Å²) in [5.74, 6) is 2.15. The van der Waals surface area contributed by atoms with Crippen LogP contribution in [0.1, 0.15) is 22.7 Å². The number of esters is 1. The molecule has 1 heterocycles. The third kappa shape index (κ3) is 3.09. The zero-order chi connectivity index (χ0) is 12.0. The van der Waals surface area contributed by atoms with Crippen LogP contribution in [0.2, 0.25) is 0 Å². The zero-order valence-corrected chi connectivity index (χ0v) is 10.3. The van der Waals surface area contributed by atoms with Crippen LogP contribution < -0.4 is 5.32 Å². The maximum atomic E-state index is 11.6. The maximum absolute atomic E-state index is 11.6. The van der Waals surface area contributed by atoms with E-state index in [0.717, 1.165) is 11.3 Å². The first kappa shape index (κ1) is 12.8. The maximum Gasteiger partial charge on any atom is 0.328 e. The molecule has 1 aromatic heterocycles. The summed E-state index contributed by atoms with van der Waals surface area (Å²) in [6.45, 7) is 2.43. The fourth-order valence-electron chi connectivity index (χ4n) is 1.32. The molecule has 1 atom stereocenters. The van der Waals surface area contributed by atoms with E-state index in [1.807, 2.05) is 12.1 Å². The lowest BCUT2D eigenvalue weighted by atomic mass is 10.2. The van der Waals surface area contributed by atoms with Crippen molar-refractivity contribution in [3.8, 4) is 12.3 Å². The van der Waals surface area contributed by atoms with Gasteiger partial charge in [0, 0.05) is 9.75 Å². The number of hydrogen-bond donors (Lipinski definition) is 1. The van der Waals surface area contributed by atoms with Gasteiger partial charge in [-0.15, -0.1) is 17.8 Å². The van der Waals surface area contributed by atoms with E-state index in [1.165, 1.54) is 12.0 Å². The lowest BCUT2D eigenvalue weighted by molar-refractivity contribution is -0.143. The topological polar surface area (TPSA) is 38.3 Å². The van der Waals surface area contributed by atoms with Gasteiger partial charge < -0.3 is 4.74 Å². The molecule has 0 saturated heterocycles. The van der Waals surface area contributed by atoms with Crippen molar-refractivity contribution in [2.75, 3.05) is 13.7 Å². The Labute approximate surface area is 99.8 Å². The highest BCUT2D eigenvalue weighted by Gasteiger charge is 2.21. The number of ether oxygens (including phenoxy) is 1. The minimum absolute atomic E-state index is 0.306. The molecule has 1 rings (SSSR count). The zero-order valence-electron chi connectivity index (χ0n) is 9.45. The molecule has 0 aromatic carbocycles. The molecular formula is C12H15NO2S. The molecule has 4 heteroatoms. The number of methoxy groups -OCH3 is 1. The summed E-state index contributed by atoms with van der Waals surface area (Å²) >= 11 is 1.60. The molecule has 16 heavy (non-hydrogen) atoms. The smallest absolute Gasteiger partial charge is 0.328 e. The second-order valence-electron chi connectivity index (χ2n) is 3.20. The Morgan fingerprint density at radius 3 is 2.94 bits per heavy atom. The second-order valence-corrected chi connectivity index (χ2v) is 4.40. The van der Waals surface area contributed by atoms with E-state index in [-0.39, 0.29) is 5.97 Å². The Bertz CT molecular complexity index is 392. The molecule has 0 fully saturated rings. The molecule has 86 valence electrons. The Hall–Kier alpha value is -1.31. The number of carbonyl (C=O) groups is 1. The summed E-state index contributed by atoms with van der Waals surface area (Å²) in [5.41, 5.74) is 0. The third-order valence-electron chi connectivity index (χ3n) is 2.16. The van der Waals surface area contributed by atoms with Crippen molar-refractivity contribution < 1.29 is 9.53 Å². The van der Waals surface area contributed by atoms with Crippen molar-refractivity contribution in [1.82, 2.24) is 5.32 Å². The Morgan fingerprint density at radius 2 is 2.44 bits per heavy atom. The van der Waals surface area contributed by atoms with Crippen molar-refractivity contribution in [3.63, 3.8) is 0 Å². The number of terminal acetylenes is 1. The monoisotopic (exact) mass is 237 g/mol. The number of aryl methyl sites for hydroxylation is 1. The average Bonchev–Trinajstić information content (AvgIpc) is 2.77. The van der Waals surface area contributed by atoms with E-state index in [9.17, 15) is 4.79 Å². The predicted octanol–water partition coefficient (Wildman–Crippen LogP) is 1.75. The molecule has 1 unspecified atom stereocenters. The van der Waals surface area contributed by atoms with Crippen molar-refractivity contribution in [3.05, 3.63) is 21.9 Å². The molecule has 0 aliphatic carbocycles. The summed E-state index contributed by atoms with van der Waals surface area (Å²) in [4.78, 5) is 13.8. The van der Waals surface area contributed by atoms with E-state index >= 15 is 0 Å². The first-order chi connectivity index (χ1) is 7.72. The third-order valence-corrected chi connectivity index (χ3v) is 3.45. The molecule has 1 N–H and O–H groups in total. The molecule has 0 aliphatic rings. The van der Waals surface area contributed by atoms with Gasteiger partial charge in [-0.3, -0.25) is 5.32 Å². The van der Waals surface area contributed by atoms with Crippen LogP contribution in [0.5, 0.6) is 0 Å². The Kier molecular flexibility index (Phi) is 5.03. The van der Waals surface area contributed by atoms with Crippen LogP contribution in [-0.2, 0) is 16.0 Å². The Balaban J connectivity index is 2.83. The number of nitrogens with one attached hydrogen (secondary N) is 1. The number of hydrogen-bond acceptors (Lipinski definition) is 4. The van der Waals surface area contributed by atoms with Crippen LogP contribution in [0.15, 0.2) is 12.1 Å². The largest absolute Gasteiger partial charge is 0.468 e. The first-order valence-electron chi connectivity index (χ1n) is 5.06. The van der Waals surface area contributed by atoms with Gasteiger partial charge in [-0.1, -0.05) is 12.8 Å². The molecule has 0 spiro atoms. The van der Waals surface area contributed by atoms with Gasteiger partial charge in [-0.05, 0) is 18.6 Å².